The van der Waals surface area contributed by atoms with Crippen LogP contribution < -0.4 is 5.32 Å². The zero-order valence-electron chi connectivity index (χ0n) is 9.48. The van der Waals surface area contributed by atoms with Gasteiger partial charge in [0, 0.05) is 6.54 Å². The minimum absolute atomic E-state index is 0.170. The molecule has 2 N–H and O–H groups in total. The number of hydrogen-bond acceptors (Lipinski definition) is 5. The van der Waals surface area contributed by atoms with E-state index in [0.29, 0.717) is 30.4 Å². The van der Waals surface area contributed by atoms with Gasteiger partial charge in [0.25, 0.3) is 0 Å². The highest BCUT2D eigenvalue weighted by Crippen LogP contribution is 2.28. The molecule has 6 heteroatoms. The van der Waals surface area contributed by atoms with E-state index in [-0.39, 0.29) is 16.8 Å². The van der Waals surface area contributed by atoms with Crippen LogP contribution in [0.3, 0.4) is 0 Å². The van der Waals surface area contributed by atoms with Gasteiger partial charge >= 0.3 is 0 Å². The molecular weight excluding hydrogens is 242 g/mol. The molecular formula is C11H14ClN3O2. The lowest BCUT2D eigenvalue weighted by Crippen LogP contribution is -2.33. The quantitative estimate of drug-likeness (QED) is 0.629. The van der Waals surface area contributed by atoms with E-state index in [1.807, 2.05) is 0 Å². The summed E-state index contributed by atoms with van der Waals surface area (Å²) in [4.78, 5) is 19.0. The molecule has 1 aliphatic carbocycles. The number of anilines is 1. The smallest absolute Gasteiger partial charge is 0.156 e. The van der Waals surface area contributed by atoms with Gasteiger partial charge in [0.15, 0.2) is 6.29 Å². The van der Waals surface area contributed by atoms with Gasteiger partial charge in [0.05, 0.1) is 11.7 Å². The summed E-state index contributed by atoms with van der Waals surface area (Å²) in [6.07, 6.45) is 2.06. The maximum atomic E-state index is 10.9. The fourth-order valence-corrected chi connectivity index (χ4v) is 2.15. The molecule has 0 aliphatic heterocycles. The summed E-state index contributed by atoms with van der Waals surface area (Å²) in [5.41, 5.74) is 0.289. The lowest BCUT2D eigenvalue weighted by molar-refractivity contribution is 0.0486. The second kappa shape index (κ2) is 4.98. The summed E-state index contributed by atoms with van der Waals surface area (Å²) < 4.78 is 0. The van der Waals surface area contributed by atoms with Crippen LogP contribution >= 0.6 is 11.6 Å². The van der Waals surface area contributed by atoms with E-state index in [1.165, 1.54) is 0 Å². The molecule has 1 aliphatic rings. The Hall–Kier alpha value is -1.20. The van der Waals surface area contributed by atoms with Crippen LogP contribution in [0.15, 0.2) is 0 Å². The third-order valence-electron chi connectivity index (χ3n) is 2.90. The van der Waals surface area contributed by atoms with Crippen LogP contribution in [-0.2, 0) is 0 Å². The van der Waals surface area contributed by atoms with E-state index >= 15 is 0 Å². The van der Waals surface area contributed by atoms with Crippen molar-refractivity contribution < 1.29 is 9.90 Å². The Labute approximate surface area is 104 Å². The van der Waals surface area contributed by atoms with E-state index < -0.39 is 0 Å². The van der Waals surface area contributed by atoms with Crippen molar-refractivity contribution in [1.82, 2.24) is 9.97 Å². The van der Waals surface area contributed by atoms with Crippen molar-refractivity contribution in [2.45, 2.75) is 25.9 Å². The Morgan fingerprint density at radius 3 is 2.82 bits per heavy atom. The number of nitrogens with one attached hydrogen (secondary N) is 1. The number of nitrogens with zero attached hydrogens (tertiary/aromatic N) is 2. The van der Waals surface area contributed by atoms with Crippen LogP contribution in [0.2, 0.25) is 5.15 Å². The standard InChI is InChI=1S/C11H14ClN3O2/c1-6-14-10(12)9(5-16)11(15-6)13-4-7-2-8(17)3-7/h5,7-8,17H,2-4H2,1H3,(H,13,14,15). The number of carbonyl (C=O) groups is 1. The number of halogens is 1. The Kier molecular flexibility index (Phi) is 3.59. The minimum atomic E-state index is -0.178. The molecule has 1 heterocycles. The first-order chi connectivity index (χ1) is 8.10. The van der Waals surface area contributed by atoms with Gasteiger partial charge in [-0.2, -0.15) is 0 Å². The first kappa shape index (κ1) is 12.3. The summed E-state index contributed by atoms with van der Waals surface area (Å²) >= 11 is 5.86. The lowest BCUT2D eigenvalue weighted by Gasteiger charge is -2.31. The molecule has 92 valence electrons. The number of aliphatic hydroxyl groups excluding tert-OH is 1. The van der Waals surface area contributed by atoms with E-state index in [2.05, 4.69) is 15.3 Å². The molecule has 5 nitrogen and oxygen atoms in total. The molecule has 0 aromatic carbocycles. The van der Waals surface area contributed by atoms with Crippen LogP contribution in [-0.4, -0.2) is 34.0 Å². The van der Waals surface area contributed by atoms with E-state index in [9.17, 15) is 9.90 Å². The maximum absolute atomic E-state index is 10.9. The lowest BCUT2D eigenvalue weighted by atomic mass is 9.82. The van der Waals surface area contributed by atoms with E-state index in [4.69, 9.17) is 11.6 Å². The highest BCUT2D eigenvalue weighted by molar-refractivity contribution is 6.32. The van der Waals surface area contributed by atoms with Gasteiger partial charge < -0.3 is 10.4 Å². The predicted octanol–water partition coefficient (Wildman–Crippen LogP) is 1.43. The Bertz CT molecular complexity index is 433. The Balaban J connectivity index is 2.06. The Morgan fingerprint density at radius 1 is 1.53 bits per heavy atom. The molecule has 17 heavy (non-hydrogen) atoms. The molecule has 0 bridgehead atoms. The van der Waals surface area contributed by atoms with Crippen LogP contribution in [0.1, 0.15) is 29.0 Å². The van der Waals surface area contributed by atoms with Crippen molar-refractivity contribution in [2.75, 3.05) is 11.9 Å². The molecule has 0 saturated heterocycles. The van der Waals surface area contributed by atoms with Crippen molar-refractivity contribution in [3.8, 4) is 0 Å². The molecule has 1 fully saturated rings. The second-order valence-electron chi connectivity index (χ2n) is 4.31. The number of aliphatic hydroxyl groups is 1. The zero-order chi connectivity index (χ0) is 12.4. The predicted molar refractivity (Wildman–Crippen MR) is 64.4 cm³/mol. The summed E-state index contributed by atoms with van der Waals surface area (Å²) in [6.45, 7) is 2.41. The number of aromatic nitrogens is 2. The number of carbonyl (C=O) groups excluding carboxylic acids is 1. The van der Waals surface area contributed by atoms with Gasteiger partial charge in [-0.05, 0) is 25.7 Å². The second-order valence-corrected chi connectivity index (χ2v) is 4.67. The van der Waals surface area contributed by atoms with Crippen molar-refractivity contribution in [3.63, 3.8) is 0 Å². The van der Waals surface area contributed by atoms with Crippen molar-refractivity contribution in [1.29, 1.82) is 0 Å². The number of hydrogen-bond donors (Lipinski definition) is 2. The molecule has 0 amide bonds. The third-order valence-corrected chi connectivity index (χ3v) is 3.19. The van der Waals surface area contributed by atoms with Gasteiger partial charge in [-0.25, -0.2) is 9.97 Å². The van der Waals surface area contributed by atoms with Gasteiger partial charge in [-0.15, -0.1) is 0 Å². The van der Waals surface area contributed by atoms with Crippen molar-refractivity contribution >= 4 is 23.7 Å². The zero-order valence-corrected chi connectivity index (χ0v) is 10.2. The number of rotatable bonds is 4. The van der Waals surface area contributed by atoms with Gasteiger partial charge in [0.2, 0.25) is 0 Å². The van der Waals surface area contributed by atoms with Crippen LogP contribution in [0, 0.1) is 12.8 Å². The normalized spacial score (nSPS) is 23.0. The largest absolute Gasteiger partial charge is 0.393 e. The highest BCUT2D eigenvalue weighted by Gasteiger charge is 2.27. The molecule has 2 rings (SSSR count). The van der Waals surface area contributed by atoms with Crippen molar-refractivity contribution in [2.24, 2.45) is 5.92 Å². The average molecular weight is 256 g/mol. The fourth-order valence-electron chi connectivity index (χ4n) is 1.89. The first-order valence-electron chi connectivity index (χ1n) is 5.51. The first-order valence-corrected chi connectivity index (χ1v) is 5.89. The summed E-state index contributed by atoms with van der Waals surface area (Å²) in [5, 5.41) is 12.4. The minimum Gasteiger partial charge on any atom is -0.393 e. The summed E-state index contributed by atoms with van der Waals surface area (Å²) in [5.74, 6) is 1.43. The molecule has 0 radical (unpaired) electrons. The molecule has 0 spiro atoms. The number of aryl methyl sites for hydroxylation is 1. The average Bonchev–Trinajstić information content (AvgIpc) is 2.22. The van der Waals surface area contributed by atoms with Gasteiger partial charge in [-0.3, -0.25) is 4.79 Å². The molecule has 0 unspecified atom stereocenters. The van der Waals surface area contributed by atoms with Gasteiger partial charge in [-0.1, -0.05) is 11.6 Å². The highest BCUT2D eigenvalue weighted by atomic mass is 35.5. The molecule has 0 atom stereocenters. The SMILES string of the molecule is Cc1nc(Cl)c(C=O)c(NCC2CC(O)C2)n1. The number of aldehydes is 1. The monoisotopic (exact) mass is 255 g/mol. The van der Waals surface area contributed by atoms with E-state index in [0.717, 1.165) is 12.8 Å². The van der Waals surface area contributed by atoms with Gasteiger partial charge in [0.1, 0.15) is 16.8 Å². The van der Waals surface area contributed by atoms with Crippen LogP contribution in [0.4, 0.5) is 5.82 Å². The molecule has 1 saturated carbocycles. The fraction of sp³-hybridized carbons (Fsp3) is 0.545. The van der Waals surface area contributed by atoms with E-state index in [1.54, 1.807) is 6.92 Å². The van der Waals surface area contributed by atoms with Crippen LogP contribution in [0.5, 0.6) is 0 Å². The Morgan fingerprint density at radius 2 is 2.24 bits per heavy atom. The molecule has 1 aromatic rings. The maximum Gasteiger partial charge on any atom is 0.156 e. The van der Waals surface area contributed by atoms with Crippen LogP contribution in [0.25, 0.3) is 0 Å². The summed E-state index contributed by atoms with van der Waals surface area (Å²) in [7, 11) is 0. The summed E-state index contributed by atoms with van der Waals surface area (Å²) in [6, 6.07) is 0. The van der Waals surface area contributed by atoms with Crippen molar-refractivity contribution in [3.05, 3.63) is 16.5 Å². The topological polar surface area (TPSA) is 75.1 Å². The third kappa shape index (κ3) is 2.73. The molecule has 1 aromatic heterocycles.